The number of fused-ring (bicyclic) bond motifs is 9. The summed E-state index contributed by atoms with van der Waals surface area (Å²) in [4.78, 5) is 3.62. The molecule has 39 heavy (non-hydrogen) atoms. The summed E-state index contributed by atoms with van der Waals surface area (Å²) >= 11 is 1.89. The lowest BCUT2D eigenvalue weighted by atomic mass is 10.0. The molecule has 0 radical (unpaired) electrons. The summed E-state index contributed by atoms with van der Waals surface area (Å²) in [5.74, 6) is 0. The number of nitrogens with zero attached hydrogens (tertiary/aromatic N) is 1. The van der Waals surface area contributed by atoms with E-state index in [0.29, 0.717) is 0 Å². The fourth-order valence-corrected chi connectivity index (χ4v) is 7.59. The average Bonchev–Trinajstić information content (AvgIpc) is 3.66. The first kappa shape index (κ1) is 21.1. The molecule has 0 bridgehead atoms. The second kappa shape index (κ2) is 7.83. The van der Waals surface area contributed by atoms with Crippen LogP contribution in [-0.2, 0) is 0 Å². The molecule has 3 heterocycles. The van der Waals surface area contributed by atoms with Gasteiger partial charge in [0.05, 0.1) is 11.0 Å². The number of rotatable bonds is 2. The molecule has 0 unspecified atom stereocenters. The second-order valence-electron chi connectivity index (χ2n) is 10.3. The molecule has 0 fully saturated rings. The Bertz CT molecular complexity index is 2350. The van der Waals surface area contributed by atoms with Crippen LogP contribution >= 0.6 is 11.3 Å². The van der Waals surface area contributed by atoms with E-state index in [1.54, 1.807) is 0 Å². The molecule has 3 aromatic heterocycles. The Morgan fingerprint density at radius 2 is 1.18 bits per heavy atom. The van der Waals surface area contributed by atoms with Gasteiger partial charge in [-0.3, -0.25) is 0 Å². The van der Waals surface area contributed by atoms with E-state index in [2.05, 4.69) is 137 Å². The van der Waals surface area contributed by atoms with E-state index < -0.39 is 0 Å². The fraction of sp³-hybridized carbons (Fsp3) is 0. The zero-order valence-corrected chi connectivity index (χ0v) is 21.8. The minimum Gasteiger partial charge on any atom is -0.354 e. The summed E-state index contributed by atoms with van der Waals surface area (Å²) in [6.45, 7) is 0. The molecule has 6 aromatic carbocycles. The van der Waals surface area contributed by atoms with Crippen LogP contribution in [0.4, 0.5) is 0 Å². The molecule has 1 N–H and O–H groups in total. The van der Waals surface area contributed by atoms with Gasteiger partial charge in [0.25, 0.3) is 0 Å². The molecule has 0 spiro atoms. The standard InChI is InChI=1S/C36H22N2S/c1-4-13-31-25(8-1)26-18-16-22(20-32(26)37-31)24-11-7-12-29-30-21-23(17-19-35(30)39-36(24)29)38-33-14-5-2-9-27(33)28-10-3-6-15-34(28)38/h1-21,37H. The van der Waals surface area contributed by atoms with Crippen molar-refractivity contribution in [3.63, 3.8) is 0 Å². The van der Waals surface area contributed by atoms with E-state index in [9.17, 15) is 0 Å². The first-order valence-electron chi connectivity index (χ1n) is 13.3. The summed E-state index contributed by atoms with van der Waals surface area (Å²) in [7, 11) is 0. The minimum absolute atomic E-state index is 1.18. The summed E-state index contributed by atoms with van der Waals surface area (Å²) < 4.78 is 5.05. The van der Waals surface area contributed by atoms with Crippen molar-refractivity contribution in [2.45, 2.75) is 0 Å². The molecular weight excluding hydrogens is 492 g/mol. The van der Waals surface area contributed by atoms with E-state index in [-0.39, 0.29) is 0 Å². The van der Waals surface area contributed by atoms with Crippen LogP contribution < -0.4 is 0 Å². The van der Waals surface area contributed by atoms with Crippen LogP contribution in [0.1, 0.15) is 0 Å². The maximum absolute atomic E-state index is 3.62. The van der Waals surface area contributed by atoms with Crippen molar-refractivity contribution in [1.29, 1.82) is 0 Å². The maximum Gasteiger partial charge on any atom is 0.0541 e. The predicted molar refractivity (Wildman–Crippen MR) is 168 cm³/mol. The molecule has 9 rings (SSSR count). The summed E-state index contributed by atoms with van der Waals surface area (Å²) in [5.41, 5.74) is 8.57. The predicted octanol–water partition coefficient (Wildman–Crippen LogP) is 10.5. The van der Waals surface area contributed by atoms with Crippen molar-refractivity contribution in [1.82, 2.24) is 9.55 Å². The van der Waals surface area contributed by atoms with Gasteiger partial charge in [0, 0.05) is 58.4 Å². The molecule has 0 atom stereocenters. The van der Waals surface area contributed by atoms with Crippen molar-refractivity contribution in [2.24, 2.45) is 0 Å². The number of nitrogens with one attached hydrogen (secondary N) is 1. The van der Waals surface area contributed by atoms with Crippen LogP contribution in [0.3, 0.4) is 0 Å². The van der Waals surface area contributed by atoms with Crippen molar-refractivity contribution in [3.8, 4) is 16.8 Å². The molecule has 182 valence electrons. The van der Waals surface area contributed by atoms with Gasteiger partial charge in [-0.05, 0) is 53.6 Å². The van der Waals surface area contributed by atoms with Crippen LogP contribution in [0.15, 0.2) is 127 Å². The quantitative estimate of drug-likeness (QED) is 0.237. The number of benzene rings is 6. The first-order chi connectivity index (χ1) is 19.3. The van der Waals surface area contributed by atoms with Crippen LogP contribution in [-0.4, -0.2) is 9.55 Å². The largest absolute Gasteiger partial charge is 0.354 e. The van der Waals surface area contributed by atoms with E-state index in [0.717, 1.165) is 0 Å². The second-order valence-corrected chi connectivity index (χ2v) is 11.3. The Labute approximate surface area is 228 Å². The van der Waals surface area contributed by atoms with Crippen molar-refractivity contribution < 1.29 is 0 Å². The summed E-state index contributed by atoms with van der Waals surface area (Å²) in [6, 6.07) is 46.5. The zero-order chi connectivity index (χ0) is 25.5. The smallest absolute Gasteiger partial charge is 0.0541 e. The molecular formula is C36H22N2S. The van der Waals surface area contributed by atoms with Gasteiger partial charge >= 0.3 is 0 Å². The highest BCUT2D eigenvalue weighted by molar-refractivity contribution is 7.26. The first-order valence-corrected chi connectivity index (χ1v) is 14.1. The van der Waals surface area contributed by atoms with Crippen LogP contribution in [0, 0.1) is 0 Å². The van der Waals surface area contributed by atoms with E-state index in [4.69, 9.17) is 0 Å². The van der Waals surface area contributed by atoms with Crippen molar-refractivity contribution in [2.75, 3.05) is 0 Å². The maximum atomic E-state index is 3.62. The van der Waals surface area contributed by atoms with Gasteiger partial charge in [0.1, 0.15) is 0 Å². The van der Waals surface area contributed by atoms with Gasteiger partial charge < -0.3 is 9.55 Å². The van der Waals surface area contributed by atoms with Gasteiger partial charge in [-0.1, -0.05) is 84.9 Å². The SMILES string of the molecule is c1ccc2c(c1)[nH]c1cc(-c3cccc4c3sc3ccc(-n5c6ccccc6c6ccccc65)cc34)ccc12. The van der Waals surface area contributed by atoms with Crippen molar-refractivity contribution in [3.05, 3.63) is 127 Å². The van der Waals surface area contributed by atoms with E-state index in [1.165, 1.54) is 80.6 Å². The summed E-state index contributed by atoms with van der Waals surface area (Å²) in [5, 5.41) is 7.75. The third-order valence-corrected chi connectivity index (χ3v) is 9.36. The number of thiophene rings is 1. The van der Waals surface area contributed by atoms with E-state index in [1.807, 2.05) is 11.3 Å². The third-order valence-electron chi connectivity index (χ3n) is 8.14. The minimum atomic E-state index is 1.18. The van der Waals surface area contributed by atoms with Crippen LogP contribution in [0.25, 0.3) is 80.6 Å². The zero-order valence-electron chi connectivity index (χ0n) is 21.0. The number of aromatic amines is 1. The van der Waals surface area contributed by atoms with Crippen LogP contribution in [0.5, 0.6) is 0 Å². The average molecular weight is 515 g/mol. The molecule has 0 saturated carbocycles. The molecule has 0 aliphatic carbocycles. The normalized spacial score (nSPS) is 12.1. The Kier molecular flexibility index (Phi) is 4.24. The lowest BCUT2D eigenvalue weighted by Crippen LogP contribution is -1.93. The van der Waals surface area contributed by atoms with Gasteiger partial charge in [-0.25, -0.2) is 0 Å². The van der Waals surface area contributed by atoms with Crippen molar-refractivity contribution >= 4 is 75.1 Å². The highest BCUT2D eigenvalue weighted by Crippen LogP contribution is 2.42. The topological polar surface area (TPSA) is 20.7 Å². The van der Waals surface area contributed by atoms with Gasteiger partial charge in [-0.15, -0.1) is 11.3 Å². The highest BCUT2D eigenvalue weighted by Gasteiger charge is 2.15. The fourth-order valence-electron chi connectivity index (χ4n) is 6.38. The number of para-hydroxylation sites is 3. The van der Waals surface area contributed by atoms with Crippen LogP contribution in [0.2, 0.25) is 0 Å². The Morgan fingerprint density at radius 1 is 0.487 bits per heavy atom. The Balaban J connectivity index is 1.27. The van der Waals surface area contributed by atoms with Gasteiger partial charge in [0.2, 0.25) is 0 Å². The molecule has 2 nitrogen and oxygen atoms in total. The number of H-pyrrole nitrogens is 1. The van der Waals surface area contributed by atoms with Gasteiger partial charge in [-0.2, -0.15) is 0 Å². The van der Waals surface area contributed by atoms with E-state index >= 15 is 0 Å². The Hall–Kier alpha value is -4.86. The molecule has 9 aromatic rings. The molecule has 0 saturated heterocycles. The highest BCUT2D eigenvalue weighted by atomic mass is 32.1. The molecule has 0 aliphatic rings. The molecule has 0 aliphatic heterocycles. The Morgan fingerprint density at radius 3 is 2.00 bits per heavy atom. The van der Waals surface area contributed by atoms with Gasteiger partial charge in [0.15, 0.2) is 0 Å². The molecule has 0 amide bonds. The number of hydrogen-bond donors (Lipinski definition) is 1. The summed E-state index contributed by atoms with van der Waals surface area (Å²) in [6.07, 6.45) is 0. The lowest BCUT2D eigenvalue weighted by Gasteiger charge is -2.08. The number of hydrogen-bond acceptors (Lipinski definition) is 1. The third kappa shape index (κ3) is 2.96. The number of aromatic nitrogens is 2. The lowest BCUT2D eigenvalue weighted by molar-refractivity contribution is 1.19. The molecule has 3 heteroatoms. The monoisotopic (exact) mass is 514 g/mol.